The number of amides is 1. The maximum Gasteiger partial charge on any atom is 0.267 e. The number of aromatic nitrogens is 1. The van der Waals surface area contributed by atoms with E-state index in [0.29, 0.717) is 5.82 Å². The Bertz CT molecular complexity index is 314. The third-order valence-corrected chi connectivity index (χ3v) is 2.01. The van der Waals surface area contributed by atoms with Gasteiger partial charge in [0.15, 0.2) is 0 Å². The molecule has 4 N–H and O–H groups in total. The Morgan fingerprint density at radius 3 is 2.75 bits per heavy atom. The minimum Gasteiger partial charge on any atom is -0.384 e. The first-order chi connectivity index (χ1) is 5.63. The van der Waals surface area contributed by atoms with Crippen molar-refractivity contribution in [3.63, 3.8) is 0 Å². The van der Waals surface area contributed by atoms with Gasteiger partial charge in [-0.2, -0.15) is 0 Å². The standard InChI is InChI=1S/C7H9N3OS/c1-12-4-2-5(7(9)11)10-6(8)3-4/h2-3H,1H3,(H2,8,10)(H2,9,11). The van der Waals surface area contributed by atoms with Gasteiger partial charge in [-0.1, -0.05) is 0 Å². The van der Waals surface area contributed by atoms with E-state index < -0.39 is 5.91 Å². The lowest BCUT2D eigenvalue weighted by atomic mass is 10.3. The number of thioether (sulfide) groups is 1. The Kier molecular flexibility index (Phi) is 2.54. The molecule has 0 aromatic carbocycles. The van der Waals surface area contributed by atoms with Gasteiger partial charge in [0.2, 0.25) is 0 Å². The van der Waals surface area contributed by atoms with Crippen molar-refractivity contribution in [2.24, 2.45) is 5.73 Å². The second-order valence-corrected chi connectivity index (χ2v) is 3.06. The molecule has 0 fully saturated rings. The van der Waals surface area contributed by atoms with Gasteiger partial charge in [-0.05, 0) is 18.4 Å². The first-order valence-electron chi connectivity index (χ1n) is 3.25. The fourth-order valence-electron chi connectivity index (χ4n) is 0.770. The number of nitrogens with zero attached hydrogens (tertiary/aromatic N) is 1. The highest BCUT2D eigenvalue weighted by Crippen LogP contribution is 2.17. The lowest BCUT2D eigenvalue weighted by Gasteiger charge is -2.00. The zero-order valence-electron chi connectivity index (χ0n) is 6.57. The number of carbonyl (C=O) groups is 1. The molecule has 0 aliphatic rings. The molecule has 1 aromatic heterocycles. The topological polar surface area (TPSA) is 82.0 Å². The second-order valence-electron chi connectivity index (χ2n) is 2.18. The number of hydrogen-bond acceptors (Lipinski definition) is 4. The molecule has 0 saturated heterocycles. The van der Waals surface area contributed by atoms with Crippen molar-refractivity contribution >= 4 is 23.5 Å². The Morgan fingerprint density at radius 1 is 1.58 bits per heavy atom. The summed E-state index contributed by atoms with van der Waals surface area (Å²) in [6, 6.07) is 3.31. The molecular formula is C7H9N3OS. The zero-order chi connectivity index (χ0) is 9.14. The van der Waals surface area contributed by atoms with Gasteiger partial charge in [0.05, 0.1) is 0 Å². The van der Waals surface area contributed by atoms with Crippen LogP contribution >= 0.6 is 11.8 Å². The predicted octanol–water partition coefficient (Wildman–Crippen LogP) is 0.485. The molecule has 1 heterocycles. The molecule has 12 heavy (non-hydrogen) atoms. The van der Waals surface area contributed by atoms with Crippen molar-refractivity contribution in [3.8, 4) is 0 Å². The molecular weight excluding hydrogens is 174 g/mol. The van der Waals surface area contributed by atoms with E-state index in [0.717, 1.165) is 4.90 Å². The number of hydrogen-bond donors (Lipinski definition) is 2. The van der Waals surface area contributed by atoms with E-state index >= 15 is 0 Å². The number of pyridine rings is 1. The van der Waals surface area contributed by atoms with Gasteiger partial charge >= 0.3 is 0 Å². The average Bonchev–Trinajstić information content (AvgIpc) is 2.03. The summed E-state index contributed by atoms with van der Waals surface area (Å²) < 4.78 is 0. The van der Waals surface area contributed by atoms with Crippen LogP contribution in [0.5, 0.6) is 0 Å². The van der Waals surface area contributed by atoms with E-state index in [1.54, 1.807) is 12.1 Å². The van der Waals surface area contributed by atoms with E-state index in [4.69, 9.17) is 11.5 Å². The molecule has 0 atom stereocenters. The van der Waals surface area contributed by atoms with Crippen LogP contribution in [-0.2, 0) is 0 Å². The number of nitrogen functional groups attached to an aromatic ring is 1. The first-order valence-corrected chi connectivity index (χ1v) is 4.47. The minimum atomic E-state index is -0.558. The van der Waals surface area contributed by atoms with E-state index in [9.17, 15) is 4.79 Å². The summed E-state index contributed by atoms with van der Waals surface area (Å²) in [6.45, 7) is 0. The molecule has 0 aliphatic heterocycles. The van der Waals surface area contributed by atoms with Gasteiger partial charge in [-0.3, -0.25) is 4.79 Å². The molecule has 0 aliphatic carbocycles. The van der Waals surface area contributed by atoms with E-state index in [-0.39, 0.29) is 5.69 Å². The maximum absolute atomic E-state index is 10.7. The summed E-state index contributed by atoms with van der Waals surface area (Å²) in [4.78, 5) is 15.4. The van der Waals surface area contributed by atoms with Crippen LogP contribution < -0.4 is 11.5 Å². The first kappa shape index (κ1) is 8.86. The van der Waals surface area contributed by atoms with Gasteiger partial charge in [-0.25, -0.2) is 4.98 Å². The summed E-state index contributed by atoms with van der Waals surface area (Å²) in [5, 5.41) is 0. The van der Waals surface area contributed by atoms with Crippen molar-refractivity contribution in [1.29, 1.82) is 0 Å². The highest BCUT2D eigenvalue weighted by molar-refractivity contribution is 7.98. The molecule has 4 nitrogen and oxygen atoms in total. The molecule has 5 heteroatoms. The van der Waals surface area contributed by atoms with Crippen LogP contribution in [0, 0.1) is 0 Å². The van der Waals surface area contributed by atoms with E-state index in [1.807, 2.05) is 6.26 Å². The molecule has 0 saturated carbocycles. The Labute approximate surface area is 74.3 Å². The van der Waals surface area contributed by atoms with Crippen LogP contribution in [0.3, 0.4) is 0 Å². The number of rotatable bonds is 2. The second kappa shape index (κ2) is 3.44. The zero-order valence-corrected chi connectivity index (χ0v) is 7.39. The molecule has 0 spiro atoms. The Balaban J connectivity index is 3.15. The van der Waals surface area contributed by atoms with Crippen molar-refractivity contribution in [3.05, 3.63) is 17.8 Å². The van der Waals surface area contributed by atoms with E-state index in [1.165, 1.54) is 11.8 Å². The molecule has 1 amide bonds. The smallest absolute Gasteiger partial charge is 0.267 e. The SMILES string of the molecule is CSc1cc(N)nc(C(N)=O)c1. The molecule has 1 rings (SSSR count). The van der Waals surface area contributed by atoms with Gasteiger partial charge < -0.3 is 11.5 Å². The average molecular weight is 183 g/mol. The van der Waals surface area contributed by atoms with Gasteiger partial charge in [0.25, 0.3) is 5.91 Å². The molecule has 0 bridgehead atoms. The third-order valence-electron chi connectivity index (χ3n) is 1.31. The quantitative estimate of drug-likeness (QED) is 0.653. The summed E-state index contributed by atoms with van der Waals surface area (Å²) >= 11 is 1.49. The van der Waals surface area contributed by atoms with Crippen molar-refractivity contribution in [2.45, 2.75) is 4.90 Å². The summed E-state index contributed by atoms with van der Waals surface area (Å²) in [5.41, 5.74) is 10.7. The fourth-order valence-corrected chi connectivity index (χ4v) is 1.24. The van der Waals surface area contributed by atoms with Crippen LogP contribution in [0.1, 0.15) is 10.5 Å². The molecule has 64 valence electrons. The minimum absolute atomic E-state index is 0.208. The molecule has 1 aromatic rings. The summed E-state index contributed by atoms with van der Waals surface area (Å²) in [7, 11) is 0. The van der Waals surface area contributed by atoms with Gasteiger partial charge in [0, 0.05) is 4.90 Å². The summed E-state index contributed by atoms with van der Waals surface area (Å²) in [5.74, 6) is -0.242. The van der Waals surface area contributed by atoms with Crippen LogP contribution in [0.25, 0.3) is 0 Å². The Hall–Kier alpha value is -1.23. The van der Waals surface area contributed by atoms with Crippen LogP contribution in [0.2, 0.25) is 0 Å². The number of carbonyl (C=O) groups excluding carboxylic acids is 1. The van der Waals surface area contributed by atoms with Crippen LogP contribution in [0.4, 0.5) is 5.82 Å². The predicted molar refractivity (Wildman–Crippen MR) is 48.9 cm³/mol. The van der Waals surface area contributed by atoms with Crippen molar-refractivity contribution in [2.75, 3.05) is 12.0 Å². The Morgan fingerprint density at radius 2 is 2.25 bits per heavy atom. The highest BCUT2D eigenvalue weighted by atomic mass is 32.2. The number of primary amides is 1. The fraction of sp³-hybridized carbons (Fsp3) is 0.143. The maximum atomic E-state index is 10.7. The third kappa shape index (κ3) is 1.88. The number of nitrogens with two attached hydrogens (primary N) is 2. The van der Waals surface area contributed by atoms with E-state index in [2.05, 4.69) is 4.98 Å². The molecule has 0 unspecified atom stereocenters. The monoisotopic (exact) mass is 183 g/mol. The highest BCUT2D eigenvalue weighted by Gasteiger charge is 2.04. The largest absolute Gasteiger partial charge is 0.384 e. The number of anilines is 1. The summed E-state index contributed by atoms with van der Waals surface area (Å²) in [6.07, 6.45) is 1.89. The van der Waals surface area contributed by atoms with Crippen LogP contribution in [0.15, 0.2) is 17.0 Å². The van der Waals surface area contributed by atoms with Gasteiger partial charge in [0.1, 0.15) is 11.5 Å². The lowest BCUT2D eigenvalue weighted by molar-refractivity contribution is 0.0995. The van der Waals surface area contributed by atoms with Gasteiger partial charge in [-0.15, -0.1) is 11.8 Å². The van der Waals surface area contributed by atoms with Crippen LogP contribution in [-0.4, -0.2) is 17.1 Å². The van der Waals surface area contributed by atoms with Crippen molar-refractivity contribution < 1.29 is 4.79 Å². The molecule has 0 radical (unpaired) electrons. The lowest BCUT2D eigenvalue weighted by Crippen LogP contribution is -2.13. The van der Waals surface area contributed by atoms with Crippen molar-refractivity contribution in [1.82, 2.24) is 4.98 Å². The normalized spacial score (nSPS) is 9.75.